The predicted molar refractivity (Wildman–Crippen MR) is 82.1 cm³/mol. The second-order valence-corrected chi connectivity index (χ2v) is 5.92. The number of ether oxygens (including phenoxy) is 1. The molecule has 0 saturated carbocycles. The lowest BCUT2D eigenvalue weighted by Crippen LogP contribution is -2.39. The van der Waals surface area contributed by atoms with Crippen LogP contribution in [0.25, 0.3) is 0 Å². The first-order chi connectivity index (χ1) is 10.1. The van der Waals surface area contributed by atoms with Crippen molar-refractivity contribution >= 4 is 29.4 Å². The van der Waals surface area contributed by atoms with Gasteiger partial charge < -0.3 is 20.1 Å². The van der Waals surface area contributed by atoms with Gasteiger partial charge in [-0.05, 0) is 24.3 Å². The summed E-state index contributed by atoms with van der Waals surface area (Å²) in [6.45, 7) is -0.406. The monoisotopic (exact) mass is 310 g/mol. The average molecular weight is 310 g/mol. The Labute approximate surface area is 127 Å². The number of carbonyl (C=O) groups is 2. The van der Waals surface area contributed by atoms with Crippen LogP contribution in [0.5, 0.6) is 5.75 Å². The Balaban J connectivity index is 1.93. The number of thioether (sulfide) groups is 1. The van der Waals surface area contributed by atoms with Gasteiger partial charge >= 0.3 is 12.0 Å². The van der Waals surface area contributed by atoms with E-state index in [0.29, 0.717) is 11.4 Å². The molecular formula is C14H18N2O4S. The Morgan fingerprint density at radius 3 is 3.00 bits per heavy atom. The van der Waals surface area contributed by atoms with Gasteiger partial charge in [0, 0.05) is 30.6 Å². The number of rotatable bonds is 5. The van der Waals surface area contributed by atoms with Crippen molar-refractivity contribution in [1.82, 2.24) is 4.90 Å². The molecule has 0 bridgehead atoms. The normalized spacial score (nSPS) is 17.3. The van der Waals surface area contributed by atoms with Crippen LogP contribution in [0.3, 0.4) is 0 Å². The third kappa shape index (κ3) is 4.56. The van der Waals surface area contributed by atoms with Crippen molar-refractivity contribution in [2.45, 2.75) is 12.5 Å². The number of urea groups is 1. The van der Waals surface area contributed by atoms with Crippen molar-refractivity contribution in [3.8, 4) is 5.75 Å². The predicted octanol–water partition coefficient (Wildman–Crippen LogP) is 2.12. The average Bonchev–Trinajstić information content (AvgIpc) is 2.98. The van der Waals surface area contributed by atoms with Crippen LogP contribution in [0.15, 0.2) is 24.3 Å². The lowest BCUT2D eigenvalue weighted by Gasteiger charge is -2.24. The number of amides is 2. The summed E-state index contributed by atoms with van der Waals surface area (Å²) < 4.78 is 5.08. The summed E-state index contributed by atoms with van der Waals surface area (Å²) in [5, 5.41) is 11.4. The minimum absolute atomic E-state index is 0.169. The first-order valence-corrected chi connectivity index (χ1v) is 7.78. The van der Waals surface area contributed by atoms with Crippen molar-refractivity contribution in [3.63, 3.8) is 0 Å². The summed E-state index contributed by atoms with van der Waals surface area (Å²) in [5.74, 6) is 1.42. The Morgan fingerprint density at radius 1 is 1.52 bits per heavy atom. The molecule has 1 aromatic carbocycles. The van der Waals surface area contributed by atoms with E-state index in [9.17, 15) is 9.59 Å². The minimum atomic E-state index is -1.04. The van der Waals surface area contributed by atoms with Crippen molar-refractivity contribution in [2.75, 3.05) is 30.5 Å². The molecule has 7 heteroatoms. The number of hydrogen-bond donors (Lipinski definition) is 2. The quantitative estimate of drug-likeness (QED) is 0.871. The lowest BCUT2D eigenvalue weighted by atomic mass is 10.2. The molecular weight excluding hydrogens is 292 g/mol. The van der Waals surface area contributed by atoms with E-state index in [-0.39, 0.29) is 12.1 Å². The fraction of sp³-hybridized carbons (Fsp3) is 0.429. The molecule has 1 fully saturated rings. The van der Waals surface area contributed by atoms with Crippen LogP contribution < -0.4 is 10.1 Å². The van der Waals surface area contributed by atoms with Crippen LogP contribution in [0.2, 0.25) is 0 Å². The van der Waals surface area contributed by atoms with Crippen LogP contribution in [-0.2, 0) is 4.79 Å². The summed E-state index contributed by atoms with van der Waals surface area (Å²) in [5.41, 5.74) is 0.584. The first-order valence-electron chi connectivity index (χ1n) is 6.62. The number of nitrogens with one attached hydrogen (secondary N) is 1. The van der Waals surface area contributed by atoms with E-state index in [2.05, 4.69) is 5.32 Å². The van der Waals surface area contributed by atoms with Crippen molar-refractivity contribution in [3.05, 3.63) is 24.3 Å². The molecule has 1 aliphatic heterocycles. The maximum atomic E-state index is 12.1. The smallest absolute Gasteiger partial charge is 0.341 e. The molecule has 2 N–H and O–H groups in total. The van der Waals surface area contributed by atoms with Gasteiger partial charge in [0.2, 0.25) is 0 Å². The van der Waals surface area contributed by atoms with Gasteiger partial charge in [-0.25, -0.2) is 9.59 Å². The largest absolute Gasteiger partial charge is 0.482 e. The highest BCUT2D eigenvalue weighted by atomic mass is 32.2. The first kappa shape index (κ1) is 15.5. The molecule has 2 amide bonds. The Morgan fingerprint density at radius 2 is 2.33 bits per heavy atom. The molecule has 1 aliphatic rings. The van der Waals surface area contributed by atoms with Crippen molar-refractivity contribution in [2.24, 2.45) is 0 Å². The highest BCUT2D eigenvalue weighted by Gasteiger charge is 2.23. The van der Waals surface area contributed by atoms with Crippen LogP contribution >= 0.6 is 11.8 Å². The molecule has 114 valence electrons. The van der Waals surface area contributed by atoms with Gasteiger partial charge in [0.25, 0.3) is 0 Å². The van der Waals surface area contributed by atoms with E-state index in [1.807, 2.05) is 11.8 Å². The standard InChI is InChI=1S/C14H18N2O4S/c1-16(11-5-6-21-9-11)14(19)15-10-3-2-4-12(7-10)20-8-13(17)18/h2-4,7,11H,5-6,8-9H2,1H3,(H,15,19)(H,17,18). The highest BCUT2D eigenvalue weighted by molar-refractivity contribution is 7.99. The summed E-state index contributed by atoms with van der Waals surface area (Å²) in [4.78, 5) is 24.3. The fourth-order valence-electron chi connectivity index (χ4n) is 2.01. The molecule has 6 nitrogen and oxygen atoms in total. The zero-order chi connectivity index (χ0) is 15.2. The zero-order valence-electron chi connectivity index (χ0n) is 11.7. The van der Waals surface area contributed by atoms with Crippen molar-refractivity contribution < 1.29 is 19.4 Å². The van der Waals surface area contributed by atoms with Crippen LogP contribution in [-0.4, -0.2) is 53.2 Å². The van der Waals surface area contributed by atoms with Gasteiger partial charge in [-0.3, -0.25) is 0 Å². The third-order valence-corrected chi connectivity index (χ3v) is 4.37. The molecule has 0 radical (unpaired) electrons. The molecule has 0 aliphatic carbocycles. The van der Waals surface area contributed by atoms with E-state index >= 15 is 0 Å². The second-order valence-electron chi connectivity index (χ2n) is 4.77. The third-order valence-electron chi connectivity index (χ3n) is 3.22. The molecule has 0 aromatic heterocycles. The Hall–Kier alpha value is -1.89. The fourth-order valence-corrected chi connectivity index (χ4v) is 3.28. The number of benzene rings is 1. The zero-order valence-corrected chi connectivity index (χ0v) is 12.6. The van der Waals surface area contributed by atoms with Gasteiger partial charge in [-0.2, -0.15) is 11.8 Å². The molecule has 1 heterocycles. The van der Waals surface area contributed by atoms with Gasteiger partial charge in [0.15, 0.2) is 6.61 Å². The van der Waals surface area contributed by atoms with Crippen LogP contribution in [0.4, 0.5) is 10.5 Å². The molecule has 2 rings (SSSR count). The van der Waals surface area contributed by atoms with E-state index in [4.69, 9.17) is 9.84 Å². The number of carboxylic acid groups (broad SMARTS) is 1. The molecule has 21 heavy (non-hydrogen) atoms. The van der Waals surface area contributed by atoms with Crippen molar-refractivity contribution in [1.29, 1.82) is 0 Å². The van der Waals surface area contributed by atoms with E-state index in [1.54, 1.807) is 36.2 Å². The number of aliphatic carboxylic acids is 1. The van der Waals surface area contributed by atoms with Crippen LogP contribution in [0.1, 0.15) is 6.42 Å². The maximum absolute atomic E-state index is 12.1. The van der Waals surface area contributed by atoms with E-state index in [0.717, 1.165) is 17.9 Å². The molecule has 1 atom stereocenters. The van der Waals surface area contributed by atoms with Gasteiger partial charge in [-0.15, -0.1) is 0 Å². The topological polar surface area (TPSA) is 78.9 Å². The summed E-state index contributed by atoms with van der Waals surface area (Å²) in [6, 6.07) is 6.80. The number of hydrogen-bond acceptors (Lipinski definition) is 4. The van der Waals surface area contributed by atoms with Gasteiger partial charge in [-0.1, -0.05) is 6.07 Å². The van der Waals surface area contributed by atoms with Gasteiger partial charge in [0.1, 0.15) is 5.75 Å². The van der Waals surface area contributed by atoms with Gasteiger partial charge in [0.05, 0.1) is 0 Å². The number of carbonyl (C=O) groups excluding carboxylic acids is 1. The molecule has 1 saturated heterocycles. The molecule has 1 unspecified atom stereocenters. The number of nitrogens with zero attached hydrogens (tertiary/aromatic N) is 1. The SMILES string of the molecule is CN(C(=O)Nc1cccc(OCC(=O)O)c1)C1CCSC1. The number of carboxylic acids is 1. The Bertz CT molecular complexity index is 517. The maximum Gasteiger partial charge on any atom is 0.341 e. The lowest BCUT2D eigenvalue weighted by molar-refractivity contribution is -0.139. The number of anilines is 1. The molecule has 1 aromatic rings. The van der Waals surface area contributed by atoms with Crippen LogP contribution in [0, 0.1) is 0 Å². The summed E-state index contributed by atoms with van der Waals surface area (Å²) in [7, 11) is 1.79. The Kier molecular flexibility index (Phi) is 5.32. The minimum Gasteiger partial charge on any atom is -0.482 e. The highest BCUT2D eigenvalue weighted by Crippen LogP contribution is 2.22. The van der Waals surface area contributed by atoms with E-state index < -0.39 is 12.6 Å². The summed E-state index contributed by atoms with van der Waals surface area (Å²) in [6.07, 6.45) is 1.01. The molecule has 0 spiro atoms. The summed E-state index contributed by atoms with van der Waals surface area (Å²) >= 11 is 1.85. The second kappa shape index (κ2) is 7.21. The van der Waals surface area contributed by atoms with E-state index in [1.165, 1.54) is 0 Å².